The molecular weight excluding hydrogens is 399 g/mol. The fourth-order valence-corrected chi connectivity index (χ4v) is 3.61. The van der Waals surface area contributed by atoms with Crippen molar-refractivity contribution in [2.45, 2.75) is 59.4 Å². The Morgan fingerprint density at radius 3 is 2.22 bits per heavy atom. The second kappa shape index (κ2) is 8.37. The van der Waals surface area contributed by atoms with E-state index in [1.54, 1.807) is 0 Å². The average Bonchev–Trinajstić information content (AvgIpc) is 2.47. The molecule has 2 rings (SSSR count). The molecule has 1 N–H and O–H groups in total. The first-order valence-corrected chi connectivity index (χ1v) is 8.98. The van der Waals surface area contributed by atoms with E-state index in [-0.39, 0.29) is 29.5 Å². The van der Waals surface area contributed by atoms with E-state index in [2.05, 4.69) is 54.7 Å². The van der Waals surface area contributed by atoms with E-state index in [0.29, 0.717) is 11.3 Å². The van der Waals surface area contributed by atoms with Crippen LogP contribution in [0.1, 0.15) is 53.9 Å². The summed E-state index contributed by atoms with van der Waals surface area (Å²) < 4.78 is 0. The number of aliphatic imine (C=N–C) groups is 1. The maximum atomic E-state index is 4.51. The van der Waals surface area contributed by atoms with Crippen LogP contribution in [0.5, 0.6) is 0 Å². The fourth-order valence-electron chi connectivity index (χ4n) is 3.61. The summed E-state index contributed by atoms with van der Waals surface area (Å²) in [6.07, 6.45) is 4.16. The highest BCUT2D eigenvalue weighted by Gasteiger charge is 2.53. The molecule has 0 aliphatic carbocycles. The van der Waals surface area contributed by atoms with Crippen molar-refractivity contribution < 1.29 is 0 Å². The van der Waals surface area contributed by atoms with Crippen LogP contribution < -0.4 is 5.32 Å². The Morgan fingerprint density at radius 1 is 1.13 bits per heavy atom. The first-order chi connectivity index (χ1) is 10.3. The van der Waals surface area contributed by atoms with Crippen LogP contribution in [-0.2, 0) is 0 Å². The van der Waals surface area contributed by atoms with Gasteiger partial charge in [0.2, 0.25) is 0 Å². The molecule has 0 radical (unpaired) electrons. The van der Waals surface area contributed by atoms with Gasteiger partial charge >= 0.3 is 0 Å². The zero-order valence-electron chi connectivity index (χ0n) is 16.0. The van der Waals surface area contributed by atoms with Crippen LogP contribution in [0, 0.1) is 11.3 Å². The van der Waals surface area contributed by atoms with Crippen LogP contribution in [0.2, 0.25) is 0 Å². The molecule has 0 aromatic rings. The lowest BCUT2D eigenvalue weighted by atomic mass is 9.65. The van der Waals surface area contributed by atoms with Crippen LogP contribution in [0.4, 0.5) is 0 Å². The SMILES string of the molecule is CN=C(NCC(C)CN1CCCCC1)N1CC(C)(C)C1(C)C.I. The standard InChI is InChI=1S/C18H36N4.HI/c1-15(13-21-10-8-7-9-11-21)12-20-16(19-6)22-14-17(2,3)18(22,4)5;/h15H,7-14H2,1-6H3,(H,19,20);1H. The fraction of sp³-hybridized carbons (Fsp3) is 0.944. The third-order valence-corrected chi connectivity index (χ3v) is 5.98. The molecule has 0 spiro atoms. The third-order valence-electron chi connectivity index (χ3n) is 5.98. The molecule has 23 heavy (non-hydrogen) atoms. The minimum atomic E-state index is 0. The predicted molar refractivity (Wildman–Crippen MR) is 111 cm³/mol. The number of halogens is 1. The average molecular weight is 436 g/mol. The Labute approximate surface area is 160 Å². The minimum Gasteiger partial charge on any atom is -0.356 e. The van der Waals surface area contributed by atoms with E-state index in [4.69, 9.17) is 0 Å². The maximum absolute atomic E-state index is 4.51. The molecule has 1 atom stereocenters. The van der Waals surface area contributed by atoms with Gasteiger partial charge in [0, 0.05) is 37.6 Å². The van der Waals surface area contributed by atoms with Gasteiger partial charge in [-0.2, -0.15) is 0 Å². The Hall–Kier alpha value is -0.0400. The molecule has 0 amide bonds. The summed E-state index contributed by atoms with van der Waals surface area (Å²) in [6.45, 7) is 17.5. The van der Waals surface area contributed by atoms with E-state index in [0.717, 1.165) is 19.0 Å². The van der Waals surface area contributed by atoms with Crippen molar-refractivity contribution in [3.8, 4) is 0 Å². The number of rotatable bonds is 4. The van der Waals surface area contributed by atoms with Crippen molar-refractivity contribution in [3.63, 3.8) is 0 Å². The van der Waals surface area contributed by atoms with E-state index in [1.807, 2.05) is 7.05 Å². The van der Waals surface area contributed by atoms with Gasteiger partial charge in [-0.05, 0) is 45.7 Å². The van der Waals surface area contributed by atoms with Crippen molar-refractivity contribution in [1.82, 2.24) is 15.1 Å². The van der Waals surface area contributed by atoms with Gasteiger partial charge in [0.05, 0.1) is 0 Å². The Bertz CT molecular complexity index is 400. The van der Waals surface area contributed by atoms with Gasteiger partial charge in [-0.1, -0.05) is 27.2 Å². The third kappa shape index (κ3) is 4.74. The Morgan fingerprint density at radius 2 is 1.74 bits per heavy atom. The number of hydrogen-bond acceptors (Lipinski definition) is 2. The molecule has 0 saturated carbocycles. The second-order valence-electron chi connectivity index (χ2n) is 8.42. The molecule has 0 aromatic heterocycles. The topological polar surface area (TPSA) is 30.9 Å². The molecule has 0 aromatic carbocycles. The smallest absolute Gasteiger partial charge is 0.194 e. The highest BCUT2D eigenvalue weighted by molar-refractivity contribution is 14.0. The highest BCUT2D eigenvalue weighted by atomic mass is 127. The van der Waals surface area contributed by atoms with Gasteiger partial charge in [0.25, 0.3) is 0 Å². The van der Waals surface area contributed by atoms with Gasteiger partial charge < -0.3 is 15.1 Å². The number of guanidine groups is 1. The Balaban J connectivity index is 0.00000264. The zero-order valence-corrected chi connectivity index (χ0v) is 18.3. The van der Waals surface area contributed by atoms with E-state index < -0.39 is 0 Å². The number of hydrogen-bond donors (Lipinski definition) is 1. The van der Waals surface area contributed by atoms with Crippen molar-refractivity contribution in [1.29, 1.82) is 0 Å². The summed E-state index contributed by atoms with van der Waals surface area (Å²) >= 11 is 0. The molecule has 2 aliphatic rings. The van der Waals surface area contributed by atoms with Crippen LogP contribution in [0.25, 0.3) is 0 Å². The van der Waals surface area contributed by atoms with Crippen LogP contribution >= 0.6 is 24.0 Å². The maximum Gasteiger partial charge on any atom is 0.194 e. The van der Waals surface area contributed by atoms with E-state index >= 15 is 0 Å². The highest BCUT2D eigenvalue weighted by Crippen LogP contribution is 2.46. The van der Waals surface area contributed by atoms with Crippen LogP contribution in [0.15, 0.2) is 4.99 Å². The predicted octanol–water partition coefficient (Wildman–Crippen LogP) is 3.42. The lowest BCUT2D eigenvalue weighted by Gasteiger charge is -2.62. The van der Waals surface area contributed by atoms with Gasteiger partial charge in [-0.3, -0.25) is 4.99 Å². The number of nitrogens with one attached hydrogen (secondary N) is 1. The lowest BCUT2D eigenvalue weighted by Crippen LogP contribution is -2.72. The zero-order chi connectivity index (χ0) is 16.4. The molecule has 2 fully saturated rings. The molecule has 136 valence electrons. The molecule has 4 nitrogen and oxygen atoms in total. The second-order valence-corrected chi connectivity index (χ2v) is 8.42. The lowest BCUT2D eigenvalue weighted by molar-refractivity contribution is -0.0668. The molecular formula is C18H37IN4. The normalized spacial score (nSPS) is 25.3. The molecule has 5 heteroatoms. The van der Waals surface area contributed by atoms with Gasteiger partial charge in [0.1, 0.15) is 0 Å². The number of nitrogens with zero attached hydrogens (tertiary/aromatic N) is 3. The Kier molecular flexibility index (Phi) is 7.64. The van der Waals surface area contributed by atoms with E-state index in [9.17, 15) is 0 Å². The van der Waals surface area contributed by atoms with E-state index in [1.165, 1.54) is 38.9 Å². The molecule has 0 bridgehead atoms. The summed E-state index contributed by atoms with van der Waals surface area (Å²) in [6, 6.07) is 0. The van der Waals surface area contributed by atoms with Crippen LogP contribution in [0.3, 0.4) is 0 Å². The number of piperidine rings is 1. The summed E-state index contributed by atoms with van der Waals surface area (Å²) in [5.74, 6) is 1.72. The molecule has 2 heterocycles. The summed E-state index contributed by atoms with van der Waals surface area (Å²) in [5.41, 5.74) is 0.523. The molecule has 2 aliphatic heterocycles. The molecule has 2 saturated heterocycles. The summed E-state index contributed by atoms with van der Waals surface area (Å²) in [5, 5.41) is 3.60. The van der Waals surface area contributed by atoms with Crippen LogP contribution in [-0.4, -0.2) is 61.1 Å². The van der Waals surface area contributed by atoms with Gasteiger partial charge in [0.15, 0.2) is 5.96 Å². The first-order valence-electron chi connectivity index (χ1n) is 8.98. The van der Waals surface area contributed by atoms with Crippen molar-refractivity contribution in [3.05, 3.63) is 0 Å². The first kappa shape index (κ1) is 21.0. The minimum absolute atomic E-state index is 0. The molecule has 1 unspecified atom stereocenters. The largest absolute Gasteiger partial charge is 0.356 e. The number of likely N-dealkylation sites (tertiary alicyclic amines) is 2. The van der Waals surface area contributed by atoms with Crippen molar-refractivity contribution in [2.75, 3.05) is 39.8 Å². The summed E-state index contributed by atoms with van der Waals surface area (Å²) in [4.78, 5) is 9.55. The van der Waals surface area contributed by atoms with Crippen molar-refractivity contribution >= 4 is 29.9 Å². The van der Waals surface area contributed by atoms with Crippen molar-refractivity contribution in [2.24, 2.45) is 16.3 Å². The van der Waals surface area contributed by atoms with Gasteiger partial charge in [-0.15, -0.1) is 24.0 Å². The monoisotopic (exact) mass is 436 g/mol. The summed E-state index contributed by atoms with van der Waals surface area (Å²) in [7, 11) is 1.90. The van der Waals surface area contributed by atoms with Gasteiger partial charge in [-0.25, -0.2) is 0 Å². The quantitative estimate of drug-likeness (QED) is 0.416.